The summed E-state index contributed by atoms with van der Waals surface area (Å²) in [6.07, 6.45) is 0. The third kappa shape index (κ3) is 10.5. The first-order valence-corrected chi connectivity index (χ1v) is 7.50. The zero-order chi connectivity index (χ0) is 17.9. The molecule has 2 rings (SSSR count). The van der Waals surface area contributed by atoms with E-state index in [1.54, 1.807) is 12.1 Å². The summed E-state index contributed by atoms with van der Waals surface area (Å²) in [6, 6.07) is 14.8. The third-order valence-corrected chi connectivity index (χ3v) is 2.45. The van der Waals surface area contributed by atoms with Gasteiger partial charge < -0.3 is 9.11 Å². The summed E-state index contributed by atoms with van der Waals surface area (Å²) in [5, 5.41) is 16.7. The quantitative estimate of drug-likeness (QED) is 0.410. The van der Waals surface area contributed by atoms with Gasteiger partial charge in [0.15, 0.2) is 9.95 Å². The number of hydrogen-bond acceptors (Lipinski definition) is 6. The van der Waals surface area contributed by atoms with E-state index in [4.69, 9.17) is 28.3 Å². The van der Waals surface area contributed by atoms with Gasteiger partial charge in [0.25, 0.3) is 0 Å². The van der Waals surface area contributed by atoms with Crippen molar-refractivity contribution in [3.05, 3.63) is 69.6 Å². The summed E-state index contributed by atoms with van der Waals surface area (Å²) in [7, 11) is -5.17. The van der Waals surface area contributed by atoms with Crippen molar-refractivity contribution in [1.29, 1.82) is 10.8 Å². The van der Waals surface area contributed by atoms with E-state index in [-0.39, 0.29) is 0 Å². The van der Waals surface area contributed by atoms with Crippen LogP contribution in [0, 0.1) is 24.6 Å². The minimum absolute atomic E-state index is 0.637. The third-order valence-electron chi connectivity index (χ3n) is 2.45. The van der Waals surface area contributed by atoms with Gasteiger partial charge >= 0.3 is 11.4 Å². The second kappa shape index (κ2) is 9.97. The van der Waals surface area contributed by atoms with E-state index in [0.29, 0.717) is 11.4 Å². The van der Waals surface area contributed by atoms with Crippen LogP contribution in [0.1, 0.15) is 11.1 Å². The summed E-state index contributed by atoms with van der Waals surface area (Å²) in [6.45, 7) is 3.80. The molecule has 0 spiro atoms. The summed E-state index contributed by atoms with van der Waals surface area (Å²) in [4.78, 5) is 6.14. The zero-order valence-electron chi connectivity index (χ0n) is 12.4. The molecule has 0 atom stereocenters. The van der Waals surface area contributed by atoms with E-state index in [9.17, 15) is 0 Å². The van der Waals surface area contributed by atoms with Gasteiger partial charge in [0.05, 0.1) is 0 Å². The van der Waals surface area contributed by atoms with Gasteiger partial charge in [-0.1, -0.05) is 36.4 Å². The number of diazo groups is 2. The molecule has 9 heteroatoms. The van der Waals surface area contributed by atoms with Crippen molar-refractivity contribution in [2.45, 2.75) is 13.8 Å². The van der Waals surface area contributed by atoms with Gasteiger partial charge in [0.1, 0.15) is 0 Å². The average molecular weight is 334 g/mol. The molecule has 8 nitrogen and oxygen atoms in total. The summed E-state index contributed by atoms with van der Waals surface area (Å²) >= 11 is 0. The minimum atomic E-state index is -5.17. The van der Waals surface area contributed by atoms with Crippen molar-refractivity contribution in [3.8, 4) is 0 Å². The Morgan fingerprint density at radius 1 is 0.783 bits per heavy atom. The normalized spacial score (nSPS) is 9.13. The minimum Gasteiger partial charge on any atom is -0.759 e. The van der Waals surface area contributed by atoms with Gasteiger partial charge in [-0.15, -0.1) is 0 Å². The Hall–Kier alpha value is -2.85. The van der Waals surface area contributed by atoms with Gasteiger partial charge in [-0.2, -0.15) is 0 Å². The van der Waals surface area contributed by atoms with Crippen LogP contribution in [0.15, 0.2) is 48.5 Å². The predicted molar refractivity (Wildman–Crippen MR) is 82.3 cm³/mol. The second-order valence-electron chi connectivity index (χ2n) is 4.18. The molecule has 0 aliphatic rings. The molecule has 0 aromatic heterocycles. The molecular formula is C14H14N4O4S. The van der Waals surface area contributed by atoms with Crippen molar-refractivity contribution in [3.63, 3.8) is 0 Å². The molecule has 23 heavy (non-hydrogen) atoms. The molecule has 0 aliphatic carbocycles. The van der Waals surface area contributed by atoms with E-state index in [0.717, 1.165) is 11.1 Å². The molecule has 0 N–H and O–H groups in total. The topological polar surface area (TPSA) is 137 Å². The van der Waals surface area contributed by atoms with Gasteiger partial charge in [0, 0.05) is 33.7 Å². The second-order valence-corrected chi connectivity index (χ2v) is 5.00. The maximum atomic E-state index is 8.52. The zero-order valence-corrected chi connectivity index (χ0v) is 13.3. The maximum absolute atomic E-state index is 8.52. The lowest BCUT2D eigenvalue weighted by Crippen LogP contribution is -1.91. The van der Waals surface area contributed by atoms with Crippen LogP contribution in [-0.4, -0.2) is 17.5 Å². The molecule has 0 fully saturated rings. The molecule has 0 heterocycles. The highest BCUT2D eigenvalue weighted by Crippen LogP contribution is 2.16. The van der Waals surface area contributed by atoms with Gasteiger partial charge in [-0.3, -0.25) is 8.42 Å². The van der Waals surface area contributed by atoms with Crippen molar-refractivity contribution in [2.24, 2.45) is 0 Å². The van der Waals surface area contributed by atoms with Crippen LogP contribution in [0.4, 0.5) is 11.4 Å². The fraction of sp³-hybridized carbons (Fsp3) is 0.143. The first kappa shape index (κ1) is 20.1. The Bertz CT molecular complexity index is 760. The molecule has 0 saturated carbocycles. The summed E-state index contributed by atoms with van der Waals surface area (Å²) in [5.74, 6) is 0. The van der Waals surface area contributed by atoms with Crippen molar-refractivity contribution < 1.29 is 17.5 Å². The van der Waals surface area contributed by atoms with Crippen LogP contribution in [0.3, 0.4) is 0 Å². The highest BCUT2D eigenvalue weighted by Gasteiger charge is 2.05. The number of rotatable bonds is 0. The first-order chi connectivity index (χ1) is 10.7. The fourth-order valence-electron chi connectivity index (χ4n) is 1.35. The van der Waals surface area contributed by atoms with Gasteiger partial charge in [0.2, 0.25) is 10.8 Å². The summed E-state index contributed by atoms with van der Waals surface area (Å²) < 4.78 is 34.1. The van der Waals surface area contributed by atoms with E-state index in [1.807, 2.05) is 50.2 Å². The lowest BCUT2D eigenvalue weighted by atomic mass is 10.2. The number of hydrogen-bond donors (Lipinski definition) is 0. The number of aryl methyl sites for hydroxylation is 2. The molecule has 0 saturated heterocycles. The van der Waals surface area contributed by atoms with Crippen molar-refractivity contribution >= 4 is 21.8 Å². The Labute approximate surface area is 134 Å². The predicted octanol–water partition coefficient (Wildman–Crippen LogP) is 3.62. The van der Waals surface area contributed by atoms with Crippen molar-refractivity contribution in [1.82, 2.24) is 0 Å². The molecule has 0 amide bonds. The van der Waals surface area contributed by atoms with Crippen LogP contribution in [-0.2, 0) is 10.4 Å². The SMILES string of the molecule is Cc1ccccc1[N+]#N.Cc1ccccc1[N+]#N.O=S(=O)([O-])[O-]. The highest BCUT2D eigenvalue weighted by molar-refractivity contribution is 7.79. The molecule has 0 aliphatic heterocycles. The van der Waals surface area contributed by atoms with E-state index in [2.05, 4.69) is 9.95 Å². The molecular weight excluding hydrogens is 320 g/mol. The fourth-order valence-corrected chi connectivity index (χ4v) is 1.35. The van der Waals surface area contributed by atoms with E-state index in [1.165, 1.54) is 0 Å². The average Bonchev–Trinajstić information content (AvgIpc) is 2.47. The highest BCUT2D eigenvalue weighted by atomic mass is 32.3. The Balaban J connectivity index is 0.000000332. The maximum Gasteiger partial charge on any atom is 0.387 e. The standard InChI is InChI=1S/2C7H7N2.H2O4S/c2*1-6-4-2-3-5-7(6)9-8;1-5(2,3)4/h2*2-5H,1H3;(H2,1,2,3,4)/q2*+1;/p-2. The van der Waals surface area contributed by atoms with Gasteiger partial charge in [-0.25, -0.2) is 0 Å². The largest absolute Gasteiger partial charge is 0.759 e. The monoisotopic (exact) mass is 334 g/mol. The number of nitrogens with zero attached hydrogens (tertiary/aromatic N) is 4. The van der Waals surface area contributed by atoms with E-state index < -0.39 is 10.4 Å². The van der Waals surface area contributed by atoms with Crippen LogP contribution < -0.4 is 0 Å². The molecule has 2 aromatic rings. The smallest absolute Gasteiger partial charge is 0.387 e. The first-order valence-electron chi connectivity index (χ1n) is 6.17. The molecule has 2 aromatic carbocycles. The number of benzene rings is 2. The summed E-state index contributed by atoms with van der Waals surface area (Å²) in [5.41, 5.74) is 3.25. The molecule has 0 unspecified atom stereocenters. The van der Waals surface area contributed by atoms with Gasteiger partial charge in [-0.05, 0) is 13.8 Å². The Kier molecular flexibility index (Phi) is 8.74. The Morgan fingerprint density at radius 3 is 1.22 bits per heavy atom. The molecule has 0 bridgehead atoms. The van der Waals surface area contributed by atoms with Crippen LogP contribution >= 0.6 is 0 Å². The van der Waals surface area contributed by atoms with Crippen LogP contribution in [0.2, 0.25) is 0 Å². The molecule has 120 valence electrons. The van der Waals surface area contributed by atoms with E-state index >= 15 is 0 Å². The molecule has 0 radical (unpaired) electrons. The van der Waals surface area contributed by atoms with Crippen LogP contribution in [0.25, 0.3) is 9.95 Å². The van der Waals surface area contributed by atoms with Crippen LogP contribution in [0.5, 0.6) is 0 Å². The lowest BCUT2D eigenvalue weighted by Gasteiger charge is -2.06. The van der Waals surface area contributed by atoms with Crippen molar-refractivity contribution in [2.75, 3.05) is 0 Å². The Morgan fingerprint density at radius 2 is 1.04 bits per heavy atom. The lowest BCUT2D eigenvalue weighted by molar-refractivity contribution is 0.352.